The van der Waals surface area contributed by atoms with Gasteiger partial charge in [0.05, 0.1) is 5.41 Å². The first-order chi connectivity index (χ1) is 6.94. The second-order valence-corrected chi connectivity index (χ2v) is 3.89. The van der Waals surface area contributed by atoms with E-state index in [4.69, 9.17) is 5.90 Å². The van der Waals surface area contributed by atoms with Gasteiger partial charge >= 0.3 is 5.97 Å². The number of carbonyl (C=O) groups is 2. The fraction of sp³-hybridized carbons (Fsp3) is 0.600. The normalized spacial score (nSPS) is 10.6. The standard InChI is InChI=1S/C10H18N2O3/c1-4-8(13)12-7-5-6-10(2,3)9(14)15-11/h4H,1,5-7,11H2,2-3H3,(H,12,13). The summed E-state index contributed by atoms with van der Waals surface area (Å²) in [4.78, 5) is 26.1. The topological polar surface area (TPSA) is 81.4 Å². The molecule has 0 bridgehead atoms. The smallest absolute Gasteiger partial charge is 0.329 e. The highest BCUT2D eigenvalue weighted by molar-refractivity contribution is 5.86. The van der Waals surface area contributed by atoms with Gasteiger partial charge in [0.15, 0.2) is 0 Å². The minimum Gasteiger partial charge on any atom is -0.373 e. The lowest BCUT2D eigenvalue weighted by Gasteiger charge is -2.20. The van der Waals surface area contributed by atoms with Crippen LogP contribution in [0.25, 0.3) is 0 Å². The molecule has 0 aromatic rings. The maximum atomic E-state index is 11.2. The first-order valence-electron chi connectivity index (χ1n) is 4.75. The van der Waals surface area contributed by atoms with Crippen molar-refractivity contribution in [2.45, 2.75) is 26.7 Å². The van der Waals surface area contributed by atoms with Crippen LogP contribution in [0.15, 0.2) is 12.7 Å². The van der Waals surface area contributed by atoms with E-state index in [9.17, 15) is 9.59 Å². The van der Waals surface area contributed by atoms with Gasteiger partial charge in [0.1, 0.15) is 0 Å². The number of nitrogens with two attached hydrogens (primary N) is 1. The zero-order valence-electron chi connectivity index (χ0n) is 9.21. The van der Waals surface area contributed by atoms with E-state index in [-0.39, 0.29) is 5.91 Å². The minimum atomic E-state index is -0.617. The summed E-state index contributed by atoms with van der Waals surface area (Å²) in [6, 6.07) is 0. The molecule has 0 aliphatic rings. The Labute approximate surface area is 89.6 Å². The predicted molar refractivity (Wildman–Crippen MR) is 56.5 cm³/mol. The van der Waals surface area contributed by atoms with Crippen molar-refractivity contribution in [1.82, 2.24) is 5.32 Å². The van der Waals surface area contributed by atoms with Crippen LogP contribution >= 0.6 is 0 Å². The molecule has 0 rings (SSSR count). The molecule has 5 heteroatoms. The van der Waals surface area contributed by atoms with Crippen LogP contribution < -0.4 is 11.2 Å². The van der Waals surface area contributed by atoms with Crippen LogP contribution in [0.3, 0.4) is 0 Å². The number of hydrogen-bond donors (Lipinski definition) is 2. The monoisotopic (exact) mass is 214 g/mol. The lowest BCUT2D eigenvalue weighted by Crippen LogP contribution is -2.30. The Bertz CT molecular complexity index is 249. The van der Waals surface area contributed by atoms with Crippen LogP contribution in [-0.4, -0.2) is 18.4 Å². The van der Waals surface area contributed by atoms with Crippen LogP contribution in [0.1, 0.15) is 26.7 Å². The second kappa shape index (κ2) is 6.19. The summed E-state index contributed by atoms with van der Waals surface area (Å²) in [6.07, 6.45) is 2.49. The molecule has 0 unspecified atom stereocenters. The van der Waals surface area contributed by atoms with Crippen molar-refractivity contribution in [1.29, 1.82) is 0 Å². The highest BCUT2D eigenvalue weighted by Gasteiger charge is 2.28. The van der Waals surface area contributed by atoms with Crippen molar-refractivity contribution in [3.63, 3.8) is 0 Å². The van der Waals surface area contributed by atoms with Crippen molar-refractivity contribution in [3.05, 3.63) is 12.7 Å². The SMILES string of the molecule is C=CC(=O)NCCCC(C)(C)C(=O)ON. The van der Waals surface area contributed by atoms with Crippen LogP contribution in [-0.2, 0) is 14.4 Å². The summed E-state index contributed by atoms with van der Waals surface area (Å²) in [5.41, 5.74) is -0.617. The number of amides is 1. The van der Waals surface area contributed by atoms with Crippen molar-refractivity contribution in [2.24, 2.45) is 11.3 Å². The molecule has 0 heterocycles. The number of hydrogen-bond acceptors (Lipinski definition) is 4. The van der Waals surface area contributed by atoms with Gasteiger partial charge in [0, 0.05) is 6.54 Å². The van der Waals surface area contributed by atoms with Crippen molar-refractivity contribution < 1.29 is 14.4 Å². The van der Waals surface area contributed by atoms with Crippen LogP contribution in [0, 0.1) is 5.41 Å². The molecule has 0 atom stereocenters. The van der Waals surface area contributed by atoms with Gasteiger partial charge in [-0.2, -0.15) is 5.90 Å². The quantitative estimate of drug-likeness (QED) is 0.383. The molecule has 0 radical (unpaired) electrons. The lowest BCUT2D eigenvalue weighted by molar-refractivity contribution is -0.154. The molecule has 5 nitrogen and oxygen atoms in total. The third-order valence-electron chi connectivity index (χ3n) is 2.12. The zero-order chi connectivity index (χ0) is 11.9. The molecule has 0 aromatic heterocycles. The van der Waals surface area contributed by atoms with Gasteiger partial charge in [-0.25, -0.2) is 4.79 Å². The van der Waals surface area contributed by atoms with E-state index in [0.717, 1.165) is 0 Å². The Balaban J connectivity index is 3.80. The maximum Gasteiger partial charge on any atom is 0.329 e. The third-order valence-corrected chi connectivity index (χ3v) is 2.12. The third kappa shape index (κ3) is 5.17. The van der Waals surface area contributed by atoms with E-state index in [1.165, 1.54) is 6.08 Å². The van der Waals surface area contributed by atoms with Gasteiger partial charge in [-0.3, -0.25) is 4.79 Å². The molecule has 0 spiro atoms. The Kier molecular flexibility index (Phi) is 5.62. The van der Waals surface area contributed by atoms with Crippen LogP contribution in [0.2, 0.25) is 0 Å². The molecule has 0 fully saturated rings. The van der Waals surface area contributed by atoms with E-state index < -0.39 is 11.4 Å². The van der Waals surface area contributed by atoms with E-state index in [2.05, 4.69) is 16.7 Å². The van der Waals surface area contributed by atoms with Crippen molar-refractivity contribution in [2.75, 3.05) is 6.54 Å². The summed E-state index contributed by atoms with van der Waals surface area (Å²) in [5, 5.41) is 2.62. The molecule has 86 valence electrons. The Hall–Kier alpha value is -1.36. The zero-order valence-corrected chi connectivity index (χ0v) is 9.21. The summed E-state index contributed by atoms with van der Waals surface area (Å²) >= 11 is 0. The minimum absolute atomic E-state index is 0.214. The summed E-state index contributed by atoms with van der Waals surface area (Å²) in [5.74, 6) is 4.14. The summed E-state index contributed by atoms with van der Waals surface area (Å²) in [7, 11) is 0. The van der Waals surface area contributed by atoms with E-state index in [1.807, 2.05) is 0 Å². The fourth-order valence-corrected chi connectivity index (χ4v) is 1.08. The molecule has 0 aromatic carbocycles. The van der Waals surface area contributed by atoms with Gasteiger partial charge < -0.3 is 10.2 Å². The lowest BCUT2D eigenvalue weighted by atomic mass is 9.88. The Morgan fingerprint density at radius 3 is 2.60 bits per heavy atom. The highest BCUT2D eigenvalue weighted by atomic mass is 16.7. The molecule has 0 saturated carbocycles. The molecular formula is C10H18N2O3. The van der Waals surface area contributed by atoms with Crippen LogP contribution in [0.5, 0.6) is 0 Å². The molecule has 0 aliphatic carbocycles. The van der Waals surface area contributed by atoms with Crippen LogP contribution in [0.4, 0.5) is 0 Å². The van der Waals surface area contributed by atoms with Gasteiger partial charge in [-0.1, -0.05) is 6.58 Å². The highest BCUT2D eigenvalue weighted by Crippen LogP contribution is 2.22. The van der Waals surface area contributed by atoms with Gasteiger partial charge in [-0.05, 0) is 32.8 Å². The largest absolute Gasteiger partial charge is 0.373 e. The predicted octanol–water partition coefficient (Wildman–Crippen LogP) is 0.512. The molecular weight excluding hydrogens is 196 g/mol. The first kappa shape index (κ1) is 13.6. The molecule has 15 heavy (non-hydrogen) atoms. The molecule has 0 saturated heterocycles. The first-order valence-corrected chi connectivity index (χ1v) is 4.75. The van der Waals surface area contributed by atoms with E-state index in [1.54, 1.807) is 13.8 Å². The summed E-state index contributed by atoms with van der Waals surface area (Å²) < 4.78 is 0. The van der Waals surface area contributed by atoms with E-state index >= 15 is 0 Å². The molecule has 0 aliphatic heterocycles. The van der Waals surface area contributed by atoms with Crippen molar-refractivity contribution >= 4 is 11.9 Å². The molecule has 1 amide bonds. The average molecular weight is 214 g/mol. The Morgan fingerprint density at radius 1 is 1.53 bits per heavy atom. The Morgan fingerprint density at radius 2 is 2.13 bits per heavy atom. The maximum absolute atomic E-state index is 11.2. The summed E-state index contributed by atoms with van der Waals surface area (Å²) in [6.45, 7) is 7.33. The second-order valence-electron chi connectivity index (χ2n) is 3.89. The average Bonchev–Trinajstić information content (AvgIpc) is 2.22. The number of carbonyl (C=O) groups excluding carboxylic acids is 2. The van der Waals surface area contributed by atoms with E-state index in [0.29, 0.717) is 19.4 Å². The molecule has 3 N–H and O–H groups in total. The van der Waals surface area contributed by atoms with Gasteiger partial charge in [-0.15, -0.1) is 0 Å². The van der Waals surface area contributed by atoms with Crippen molar-refractivity contribution in [3.8, 4) is 0 Å². The fourth-order valence-electron chi connectivity index (χ4n) is 1.08. The van der Waals surface area contributed by atoms with Gasteiger partial charge in [0.2, 0.25) is 5.91 Å². The van der Waals surface area contributed by atoms with Gasteiger partial charge in [0.25, 0.3) is 0 Å². The number of rotatable bonds is 6. The number of nitrogens with one attached hydrogen (secondary N) is 1.